The van der Waals surface area contributed by atoms with Crippen LogP contribution < -0.4 is 0 Å². The van der Waals surface area contributed by atoms with Crippen molar-refractivity contribution in [1.82, 2.24) is 15.0 Å². The van der Waals surface area contributed by atoms with Crippen LogP contribution in [0.3, 0.4) is 0 Å². The van der Waals surface area contributed by atoms with Gasteiger partial charge in [-0.25, -0.2) is 15.0 Å². The Hall–Kier alpha value is -5.93. The molecule has 3 nitrogen and oxygen atoms in total. The lowest BCUT2D eigenvalue weighted by atomic mass is 9.55. The normalized spacial score (nSPS) is 14.3. The zero-order chi connectivity index (χ0) is 34.0. The van der Waals surface area contributed by atoms with Crippen molar-refractivity contribution >= 4 is 21.5 Å². The molecule has 50 heavy (non-hydrogen) atoms. The third kappa shape index (κ3) is 4.61. The quantitative estimate of drug-likeness (QED) is 0.179. The zero-order valence-corrected chi connectivity index (χ0v) is 28.8. The Bertz CT molecular complexity index is 2510. The molecule has 0 spiro atoms. The fraction of sp³-hybridized carbons (Fsp3) is 0.128. The molecule has 0 fully saturated rings. The smallest absolute Gasteiger partial charge is 0.164 e. The van der Waals surface area contributed by atoms with Crippen LogP contribution in [0.15, 0.2) is 152 Å². The van der Waals surface area contributed by atoms with Gasteiger partial charge in [0.2, 0.25) is 0 Å². The zero-order valence-electron chi connectivity index (χ0n) is 28.8. The van der Waals surface area contributed by atoms with Crippen molar-refractivity contribution in [3.05, 3.63) is 163 Å². The van der Waals surface area contributed by atoms with Gasteiger partial charge in [0.05, 0.1) is 0 Å². The molecule has 8 aromatic rings. The van der Waals surface area contributed by atoms with Crippen LogP contribution in [0.25, 0.3) is 78.0 Å². The van der Waals surface area contributed by atoms with Crippen LogP contribution in [0.5, 0.6) is 0 Å². The molecule has 9 rings (SSSR count). The molecule has 0 amide bonds. The SMILES string of the molecule is CC1(C)c2ccccc2-c2c(ccc3cc(-c4ccc(-c5nc(-c6ccccc6)nc(-c6ccccc6)n5)cc4)c4ccccc4c23)C1(C)C. The van der Waals surface area contributed by atoms with Gasteiger partial charge >= 0.3 is 0 Å². The molecular formula is C47H37N3. The number of rotatable bonds is 4. The molecule has 0 bridgehead atoms. The van der Waals surface area contributed by atoms with Crippen molar-refractivity contribution in [3.8, 4) is 56.4 Å². The second-order valence-corrected chi connectivity index (χ2v) is 14.5. The Labute approximate surface area is 293 Å². The molecule has 1 aliphatic carbocycles. The highest BCUT2D eigenvalue weighted by Crippen LogP contribution is 2.56. The Balaban J connectivity index is 1.20. The third-order valence-corrected chi connectivity index (χ3v) is 11.3. The average Bonchev–Trinajstić information content (AvgIpc) is 3.17. The first-order valence-corrected chi connectivity index (χ1v) is 17.4. The summed E-state index contributed by atoms with van der Waals surface area (Å²) in [6, 6.07) is 53.9. The van der Waals surface area contributed by atoms with Crippen molar-refractivity contribution in [2.24, 2.45) is 0 Å². The van der Waals surface area contributed by atoms with Gasteiger partial charge in [-0.05, 0) is 71.8 Å². The van der Waals surface area contributed by atoms with Crippen molar-refractivity contribution < 1.29 is 0 Å². The van der Waals surface area contributed by atoms with Crippen LogP contribution in [0, 0.1) is 0 Å². The lowest BCUT2D eigenvalue weighted by molar-refractivity contribution is 0.299. The minimum atomic E-state index is -0.0454. The summed E-state index contributed by atoms with van der Waals surface area (Å²) in [7, 11) is 0. The van der Waals surface area contributed by atoms with Crippen LogP contribution in [0.2, 0.25) is 0 Å². The van der Waals surface area contributed by atoms with E-state index in [1.807, 2.05) is 60.7 Å². The minimum Gasteiger partial charge on any atom is -0.208 e. The van der Waals surface area contributed by atoms with Gasteiger partial charge in [-0.15, -0.1) is 0 Å². The van der Waals surface area contributed by atoms with Gasteiger partial charge in [0.1, 0.15) is 0 Å². The number of benzene rings is 7. The van der Waals surface area contributed by atoms with Crippen molar-refractivity contribution in [2.45, 2.75) is 38.5 Å². The summed E-state index contributed by atoms with van der Waals surface area (Å²) >= 11 is 0. The number of fused-ring (bicyclic) bond motifs is 7. The molecule has 1 aliphatic rings. The minimum absolute atomic E-state index is 0.00991. The maximum Gasteiger partial charge on any atom is 0.164 e. The van der Waals surface area contributed by atoms with Crippen LogP contribution >= 0.6 is 0 Å². The third-order valence-electron chi connectivity index (χ3n) is 11.3. The summed E-state index contributed by atoms with van der Waals surface area (Å²) in [5.74, 6) is 1.98. The molecule has 3 heteroatoms. The molecule has 1 heterocycles. The summed E-state index contributed by atoms with van der Waals surface area (Å²) in [4.78, 5) is 14.8. The largest absolute Gasteiger partial charge is 0.208 e. The predicted molar refractivity (Wildman–Crippen MR) is 208 cm³/mol. The fourth-order valence-electron chi connectivity index (χ4n) is 7.89. The van der Waals surface area contributed by atoms with E-state index < -0.39 is 0 Å². The van der Waals surface area contributed by atoms with E-state index in [9.17, 15) is 0 Å². The predicted octanol–water partition coefficient (Wildman–Crippen LogP) is 12.1. The number of hydrogen-bond acceptors (Lipinski definition) is 3. The highest BCUT2D eigenvalue weighted by atomic mass is 15.0. The maximum absolute atomic E-state index is 4.95. The highest BCUT2D eigenvalue weighted by molar-refractivity contribution is 6.20. The van der Waals surface area contributed by atoms with Gasteiger partial charge in [0, 0.05) is 16.7 Å². The van der Waals surface area contributed by atoms with E-state index in [1.165, 1.54) is 49.4 Å². The van der Waals surface area contributed by atoms with E-state index >= 15 is 0 Å². The Morgan fingerprint density at radius 3 is 1.48 bits per heavy atom. The second-order valence-electron chi connectivity index (χ2n) is 14.5. The van der Waals surface area contributed by atoms with E-state index in [1.54, 1.807) is 0 Å². The number of nitrogens with zero attached hydrogens (tertiary/aromatic N) is 3. The Morgan fingerprint density at radius 2 is 0.860 bits per heavy atom. The first-order valence-electron chi connectivity index (χ1n) is 17.4. The second kappa shape index (κ2) is 11.3. The van der Waals surface area contributed by atoms with Crippen LogP contribution in [0.4, 0.5) is 0 Å². The standard InChI is InChI=1S/C47H37N3/c1-46(2)39-22-14-13-21-37(39)42-40(47(46,3)4)28-27-34-29-38(35-19-11-12-20-36(35)41(34)42)30-23-25-33(26-24-30)45-49-43(31-15-7-5-8-16-31)48-44(50-45)32-17-9-6-10-18-32/h5-29H,1-4H3. The van der Waals surface area contributed by atoms with Crippen molar-refractivity contribution in [3.63, 3.8) is 0 Å². The molecule has 0 N–H and O–H groups in total. The van der Waals surface area contributed by atoms with Gasteiger partial charge in [-0.2, -0.15) is 0 Å². The fourth-order valence-corrected chi connectivity index (χ4v) is 7.89. The molecule has 7 aromatic carbocycles. The maximum atomic E-state index is 4.95. The molecule has 0 unspecified atom stereocenters. The van der Waals surface area contributed by atoms with Crippen LogP contribution in [0.1, 0.15) is 38.8 Å². The topological polar surface area (TPSA) is 38.7 Å². The molecule has 0 saturated heterocycles. The first kappa shape index (κ1) is 30.2. The summed E-state index contributed by atoms with van der Waals surface area (Å²) in [5, 5.41) is 5.12. The average molecular weight is 644 g/mol. The molecule has 0 aliphatic heterocycles. The van der Waals surface area contributed by atoms with E-state index in [0.717, 1.165) is 22.3 Å². The molecule has 0 saturated carbocycles. The summed E-state index contributed by atoms with van der Waals surface area (Å²) in [5.41, 5.74) is 10.7. The molecule has 1 aromatic heterocycles. The highest BCUT2D eigenvalue weighted by Gasteiger charge is 2.46. The molecule has 0 radical (unpaired) electrons. The van der Waals surface area contributed by atoms with Gasteiger partial charge in [-0.1, -0.05) is 173 Å². The van der Waals surface area contributed by atoms with Gasteiger partial charge in [-0.3, -0.25) is 0 Å². The van der Waals surface area contributed by atoms with E-state index in [4.69, 9.17) is 15.0 Å². The first-order chi connectivity index (χ1) is 24.3. The Kier molecular flexibility index (Phi) is 6.82. The number of aromatic nitrogens is 3. The lowest BCUT2D eigenvalue weighted by Crippen LogP contribution is -2.43. The van der Waals surface area contributed by atoms with E-state index in [0.29, 0.717) is 17.5 Å². The van der Waals surface area contributed by atoms with Crippen LogP contribution in [-0.4, -0.2) is 15.0 Å². The van der Waals surface area contributed by atoms with E-state index in [-0.39, 0.29) is 10.8 Å². The van der Waals surface area contributed by atoms with Gasteiger partial charge in [0.15, 0.2) is 17.5 Å². The van der Waals surface area contributed by atoms with Crippen LogP contribution in [-0.2, 0) is 10.8 Å². The summed E-state index contributed by atoms with van der Waals surface area (Å²) in [6.07, 6.45) is 0. The molecule has 0 atom stereocenters. The molecular weight excluding hydrogens is 607 g/mol. The van der Waals surface area contributed by atoms with Crippen molar-refractivity contribution in [1.29, 1.82) is 0 Å². The summed E-state index contributed by atoms with van der Waals surface area (Å²) < 4.78 is 0. The number of hydrogen-bond donors (Lipinski definition) is 0. The summed E-state index contributed by atoms with van der Waals surface area (Å²) in [6.45, 7) is 9.60. The van der Waals surface area contributed by atoms with Crippen molar-refractivity contribution in [2.75, 3.05) is 0 Å². The van der Waals surface area contributed by atoms with E-state index in [2.05, 4.69) is 119 Å². The Morgan fingerprint density at radius 1 is 0.380 bits per heavy atom. The van der Waals surface area contributed by atoms with Gasteiger partial charge < -0.3 is 0 Å². The molecule has 240 valence electrons. The lowest BCUT2D eigenvalue weighted by Gasteiger charge is -2.48. The van der Waals surface area contributed by atoms with Gasteiger partial charge in [0.25, 0.3) is 0 Å². The monoisotopic (exact) mass is 643 g/mol.